The van der Waals surface area contributed by atoms with Crippen molar-refractivity contribution in [3.05, 3.63) is 52.3 Å². The molecule has 0 unspecified atom stereocenters. The van der Waals surface area contributed by atoms with Crippen molar-refractivity contribution in [1.82, 2.24) is 19.6 Å². The third-order valence-corrected chi connectivity index (χ3v) is 5.88. The van der Waals surface area contributed by atoms with Crippen LogP contribution in [0.5, 0.6) is 0 Å². The van der Waals surface area contributed by atoms with E-state index in [1.165, 1.54) is 0 Å². The average Bonchev–Trinajstić information content (AvgIpc) is 3.16. The van der Waals surface area contributed by atoms with Crippen LogP contribution in [-0.2, 0) is 24.2 Å². The summed E-state index contributed by atoms with van der Waals surface area (Å²) in [6.45, 7) is 3.23. The number of fused-ring (bicyclic) bond motifs is 1. The molecule has 6 nitrogen and oxygen atoms in total. The number of aromatic nitrogens is 2. The van der Waals surface area contributed by atoms with Gasteiger partial charge in [-0.15, -0.1) is 0 Å². The summed E-state index contributed by atoms with van der Waals surface area (Å²) in [5.74, 6) is 0.184. The van der Waals surface area contributed by atoms with Crippen molar-refractivity contribution in [3.63, 3.8) is 0 Å². The van der Waals surface area contributed by atoms with Crippen LogP contribution in [0.1, 0.15) is 40.9 Å². The molecule has 28 heavy (non-hydrogen) atoms. The molecule has 2 aliphatic heterocycles. The Morgan fingerprint density at radius 1 is 1.04 bits per heavy atom. The molecule has 0 atom stereocenters. The maximum absolute atomic E-state index is 12.9. The summed E-state index contributed by atoms with van der Waals surface area (Å²) >= 11 is 6.00. The first-order chi connectivity index (χ1) is 13.6. The summed E-state index contributed by atoms with van der Waals surface area (Å²) in [4.78, 5) is 29.2. The molecule has 0 N–H and O–H groups in total. The first-order valence-corrected chi connectivity index (χ1v) is 10.4. The normalized spacial score (nSPS) is 16.8. The van der Waals surface area contributed by atoms with E-state index in [4.69, 9.17) is 11.6 Å². The van der Waals surface area contributed by atoms with Gasteiger partial charge in [0.1, 0.15) is 0 Å². The van der Waals surface area contributed by atoms with E-state index in [0.717, 1.165) is 42.6 Å². The molecule has 0 saturated carbocycles. The van der Waals surface area contributed by atoms with Crippen molar-refractivity contribution in [2.45, 2.75) is 38.6 Å². The highest BCUT2D eigenvalue weighted by Gasteiger charge is 2.28. The fourth-order valence-electron chi connectivity index (χ4n) is 4.03. The van der Waals surface area contributed by atoms with Crippen LogP contribution in [0.3, 0.4) is 0 Å². The molecule has 0 aliphatic carbocycles. The number of hydrogen-bond acceptors (Lipinski definition) is 3. The van der Waals surface area contributed by atoms with Crippen molar-refractivity contribution in [2.24, 2.45) is 0 Å². The van der Waals surface area contributed by atoms with E-state index < -0.39 is 0 Å². The maximum Gasteiger partial charge on any atom is 0.257 e. The van der Waals surface area contributed by atoms with Crippen LogP contribution in [0, 0.1) is 0 Å². The number of rotatable bonds is 4. The molecule has 0 spiro atoms. The third kappa shape index (κ3) is 4.07. The van der Waals surface area contributed by atoms with Gasteiger partial charge in [-0.2, -0.15) is 5.10 Å². The van der Waals surface area contributed by atoms with Crippen molar-refractivity contribution in [2.75, 3.05) is 26.2 Å². The predicted molar refractivity (Wildman–Crippen MR) is 107 cm³/mol. The Hall–Kier alpha value is -2.34. The van der Waals surface area contributed by atoms with Gasteiger partial charge >= 0.3 is 0 Å². The minimum atomic E-state index is 0.0502. The number of aryl methyl sites for hydroxylation is 2. The molecular weight excluding hydrogens is 376 g/mol. The fraction of sp³-hybridized carbons (Fsp3) is 0.476. The first-order valence-electron chi connectivity index (χ1n) is 9.98. The van der Waals surface area contributed by atoms with Gasteiger partial charge in [-0.05, 0) is 43.4 Å². The van der Waals surface area contributed by atoms with Gasteiger partial charge in [0, 0.05) is 44.2 Å². The highest BCUT2D eigenvalue weighted by molar-refractivity contribution is 6.30. The summed E-state index contributed by atoms with van der Waals surface area (Å²) in [7, 11) is 0. The van der Waals surface area contributed by atoms with Gasteiger partial charge < -0.3 is 9.80 Å². The number of carbonyl (C=O) groups is 2. The zero-order valence-electron chi connectivity index (χ0n) is 15.9. The number of hydrogen-bond donors (Lipinski definition) is 0. The molecule has 4 rings (SSSR count). The molecule has 1 saturated heterocycles. The monoisotopic (exact) mass is 400 g/mol. The Bertz CT molecular complexity index is 871. The van der Waals surface area contributed by atoms with E-state index in [2.05, 4.69) is 5.10 Å². The van der Waals surface area contributed by atoms with Gasteiger partial charge in [0.15, 0.2) is 0 Å². The summed E-state index contributed by atoms with van der Waals surface area (Å²) in [5, 5.41) is 5.06. The molecule has 1 aromatic heterocycles. The van der Waals surface area contributed by atoms with Crippen LogP contribution < -0.4 is 0 Å². The van der Waals surface area contributed by atoms with Gasteiger partial charge in [-0.3, -0.25) is 14.3 Å². The molecule has 0 radical (unpaired) electrons. The van der Waals surface area contributed by atoms with Crippen LogP contribution in [0.15, 0.2) is 30.5 Å². The van der Waals surface area contributed by atoms with E-state index in [1.54, 1.807) is 6.20 Å². The zero-order chi connectivity index (χ0) is 19.5. The van der Waals surface area contributed by atoms with Gasteiger partial charge in [-0.25, -0.2) is 0 Å². The lowest BCUT2D eigenvalue weighted by atomic mass is 10.1. The standard InChI is InChI=1S/C21H25ClN4O2/c22-17-5-3-4-16(14-17)7-8-20(27)24-10-12-25(13-11-24)21(28)18-15-23-26-9-2-1-6-19(18)26/h3-5,14-15H,1-2,6-13H2. The Balaban J connectivity index is 1.30. The highest BCUT2D eigenvalue weighted by atomic mass is 35.5. The average molecular weight is 401 g/mol. The minimum absolute atomic E-state index is 0.0502. The maximum atomic E-state index is 12.9. The van der Waals surface area contributed by atoms with Crippen molar-refractivity contribution >= 4 is 23.4 Å². The van der Waals surface area contributed by atoms with Crippen LogP contribution in [0.25, 0.3) is 0 Å². The predicted octanol–water partition coefficient (Wildman–Crippen LogP) is 2.79. The summed E-state index contributed by atoms with van der Waals surface area (Å²) < 4.78 is 1.96. The van der Waals surface area contributed by atoms with E-state index in [9.17, 15) is 9.59 Å². The van der Waals surface area contributed by atoms with Gasteiger partial charge in [0.25, 0.3) is 5.91 Å². The SMILES string of the molecule is O=C(CCc1cccc(Cl)c1)N1CCN(C(=O)c2cnn3c2CCCC3)CC1. The Morgan fingerprint density at radius 2 is 1.82 bits per heavy atom. The number of carbonyl (C=O) groups excluding carboxylic acids is 2. The number of halogens is 1. The topological polar surface area (TPSA) is 58.4 Å². The molecule has 2 amide bonds. The fourth-order valence-corrected chi connectivity index (χ4v) is 4.24. The molecule has 2 aliphatic rings. The Morgan fingerprint density at radius 3 is 2.61 bits per heavy atom. The highest BCUT2D eigenvalue weighted by Crippen LogP contribution is 2.20. The zero-order valence-corrected chi connectivity index (χ0v) is 16.7. The largest absolute Gasteiger partial charge is 0.339 e. The second-order valence-corrected chi connectivity index (χ2v) is 7.92. The van der Waals surface area contributed by atoms with Crippen LogP contribution in [0.4, 0.5) is 0 Å². The smallest absolute Gasteiger partial charge is 0.257 e. The van der Waals surface area contributed by atoms with E-state index in [0.29, 0.717) is 44.0 Å². The van der Waals surface area contributed by atoms with E-state index in [-0.39, 0.29) is 11.8 Å². The molecule has 1 fully saturated rings. The van der Waals surface area contributed by atoms with Crippen molar-refractivity contribution in [1.29, 1.82) is 0 Å². The van der Waals surface area contributed by atoms with Gasteiger partial charge in [0.05, 0.1) is 17.5 Å². The Labute approximate surface area is 170 Å². The quantitative estimate of drug-likeness (QED) is 0.792. The van der Waals surface area contributed by atoms with Gasteiger partial charge in [0.2, 0.25) is 5.91 Å². The molecule has 148 valence electrons. The van der Waals surface area contributed by atoms with Crippen molar-refractivity contribution in [3.8, 4) is 0 Å². The lowest BCUT2D eigenvalue weighted by Gasteiger charge is -2.35. The van der Waals surface area contributed by atoms with Crippen LogP contribution in [-0.4, -0.2) is 57.6 Å². The van der Waals surface area contributed by atoms with Crippen LogP contribution >= 0.6 is 11.6 Å². The molecular formula is C21H25ClN4O2. The van der Waals surface area contributed by atoms with E-state index in [1.807, 2.05) is 38.7 Å². The lowest BCUT2D eigenvalue weighted by molar-refractivity contribution is -0.132. The van der Waals surface area contributed by atoms with Crippen LogP contribution in [0.2, 0.25) is 5.02 Å². The third-order valence-electron chi connectivity index (χ3n) is 5.65. The second-order valence-electron chi connectivity index (χ2n) is 7.49. The van der Waals surface area contributed by atoms with E-state index >= 15 is 0 Å². The molecule has 0 bridgehead atoms. The number of nitrogens with zero attached hydrogens (tertiary/aromatic N) is 4. The molecule has 2 aromatic rings. The number of amides is 2. The van der Waals surface area contributed by atoms with Crippen molar-refractivity contribution < 1.29 is 9.59 Å². The summed E-state index contributed by atoms with van der Waals surface area (Å²) in [5.41, 5.74) is 2.87. The Kier molecular flexibility index (Phi) is 5.67. The summed E-state index contributed by atoms with van der Waals surface area (Å²) in [6, 6.07) is 7.63. The lowest BCUT2D eigenvalue weighted by Crippen LogP contribution is -2.50. The molecule has 1 aromatic carbocycles. The number of piperazine rings is 1. The first kappa shape index (κ1) is 19.0. The summed E-state index contributed by atoms with van der Waals surface area (Å²) in [6.07, 6.45) is 6.01. The number of benzene rings is 1. The molecule has 3 heterocycles. The van der Waals surface area contributed by atoms with Gasteiger partial charge in [-0.1, -0.05) is 23.7 Å². The minimum Gasteiger partial charge on any atom is -0.339 e. The second kappa shape index (κ2) is 8.35. The molecule has 7 heteroatoms.